The Kier molecular flexibility index (Phi) is 4.75. The number of halogens is 2. The van der Waals surface area contributed by atoms with Crippen LogP contribution in [0.5, 0.6) is 0 Å². The lowest BCUT2D eigenvalue weighted by atomic mass is 9.90. The summed E-state index contributed by atoms with van der Waals surface area (Å²) in [5.41, 5.74) is 6.06. The van der Waals surface area contributed by atoms with Crippen LogP contribution in [0.4, 0.5) is 0 Å². The molecule has 1 fully saturated rings. The quantitative estimate of drug-likeness (QED) is 0.870. The second-order valence-corrected chi connectivity index (χ2v) is 8.09. The van der Waals surface area contributed by atoms with Crippen LogP contribution in [0.2, 0.25) is 5.02 Å². The van der Waals surface area contributed by atoms with Gasteiger partial charge in [-0.15, -0.1) is 12.4 Å². The molecule has 0 spiro atoms. The monoisotopic (exact) mass is 364 g/mol. The lowest BCUT2D eigenvalue weighted by molar-refractivity contribution is 0.350. The van der Waals surface area contributed by atoms with Crippen molar-refractivity contribution in [1.82, 2.24) is 14.3 Å². The highest BCUT2D eigenvalue weighted by molar-refractivity contribution is 7.89. The van der Waals surface area contributed by atoms with Crippen LogP contribution in [0.15, 0.2) is 23.4 Å². The molecule has 1 aliphatic heterocycles. The molecule has 1 unspecified atom stereocenters. The number of aromatic amines is 1. The minimum Gasteiger partial charge on any atom is -0.345 e. The summed E-state index contributed by atoms with van der Waals surface area (Å²) in [7, 11) is -3.60. The Balaban J connectivity index is 0.00000176. The zero-order chi connectivity index (χ0) is 15.3. The molecule has 1 saturated heterocycles. The van der Waals surface area contributed by atoms with E-state index in [2.05, 4.69) is 9.97 Å². The molecule has 0 amide bonds. The summed E-state index contributed by atoms with van der Waals surface area (Å²) in [4.78, 5) is 7.15. The Labute approximate surface area is 140 Å². The third-order valence-corrected chi connectivity index (χ3v) is 6.30. The maximum atomic E-state index is 12.8. The molecule has 6 nitrogen and oxygen atoms in total. The number of rotatable bonds is 3. The van der Waals surface area contributed by atoms with Crippen molar-refractivity contribution < 1.29 is 8.42 Å². The number of nitrogens with one attached hydrogen (secondary N) is 1. The highest BCUT2D eigenvalue weighted by atomic mass is 35.5. The fourth-order valence-electron chi connectivity index (χ4n) is 2.68. The highest BCUT2D eigenvalue weighted by Gasteiger charge is 2.40. The van der Waals surface area contributed by atoms with Crippen LogP contribution in [0.25, 0.3) is 11.0 Å². The summed E-state index contributed by atoms with van der Waals surface area (Å²) < 4.78 is 27.2. The third-order valence-electron chi connectivity index (χ3n) is 4.12. The number of H-pyrrole nitrogens is 1. The van der Waals surface area contributed by atoms with E-state index in [1.165, 1.54) is 10.5 Å². The summed E-state index contributed by atoms with van der Waals surface area (Å²) >= 11 is 6.14. The van der Waals surface area contributed by atoms with E-state index >= 15 is 0 Å². The van der Waals surface area contributed by atoms with E-state index in [0.717, 1.165) is 6.42 Å². The number of hydrogen-bond donors (Lipinski definition) is 2. The van der Waals surface area contributed by atoms with Crippen molar-refractivity contribution in [3.63, 3.8) is 0 Å². The van der Waals surface area contributed by atoms with Crippen LogP contribution in [-0.2, 0) is 10.0 Å². The minimum atomic E-state index is -3.60. The summed E-state index contributed by atoms with van der Waals surface area (Å²) in [5, 5.41) is 0.820. The number of fused-ring (bicyclic) bond motifs is 1. The molecule has 1 aliphatic rings. The fourth-order valence-corrected chi connectivity index (χ4v) is 4.75. The second kappa shape index (κ2) is 5.98. The van der Waals surface area contributed by atoms with E-state index in [1.807, 2.05) is 6.92 Å². The largest absolute Gasteiger partial charge is 0.345 e. The molecule has 0 saturated carbocycles. The summed E-state index contributed by atoms with van der Waals surface area (Å²) in [6, 6.07) is 1.59. The molecule has 22 heavy (non-hydrogen) atoms. The lowest BCUT2D eigenvalue weighted by Gasteiger charge is -2.22. The van der Waals surface area contributed by atoms with Gasteiger partial charge in [-0.25, -0.2) is 13.4 Å². The Morgan fingerprint density at radius 3 is 2.91 bits per heavy atom. The van der Waals surface area contributed by atoms with Gasteiger partial charge in [-0.05, 0) is 24.4 Å². The molecule has 0 aromatic carbocycles. The van der Waals surface area contributed by atoms with E-state index in [-0.39, 0.29) is 22.7 Å². The predicted molar refractivity (Wildman–Crippen MR) is 88.9 cm³/mol. The third kappa shape index (κ3) is 2.72. The Morgan fingerprint density at radius 1 is 1.55 bits per heavy atom. The summed E-state index contributed by atoms with van der Waals surface area (Å²) in [6.45, 7) is 3.37. The number of pyridine rings is 1. The van der Waals surface area contributed by atoms with Gasteiger partial charge >= 0.3 is 0 Å². The number of hydrogen-bond acceptors (Lipinski definition) is 4. The standard InChI is InChI=1S/C13H17ClN4O2S.ClH/c1-13(7-15)3-5-18(8-13)21(19,20)10-6-17-12-11(10)9(14)2-4-16-12;/h2,4,6H,3,5,7-8,15H2,1H3,(H,16,17);1H. The number of nitrogens with two attached hydrogens (primary N) is 1. The average Bonchev–Trinajstić information content (AvgIpc) is 3.05. The molecule has 2 aromatic rings. The first kappa shape index (κ1) is 17.5. The van der Waals surface area contributed by atoms with Gasteiger partial charge < -0.3 is 10.7 Å². The molecule has 3 rings (SSSR count). The summed E-state index contributed by atoms with van der Waals surface area (Å²) in [5.74, 6) is 0. The van der Waals surface area contributed by atoms with Crippen molar-refractivity contribution >= 4 is 45.1 Å². The van der Waals surface area contributed by atoms with Gasteiger partial charge in [0.25, 0.3) is 0 Å². The highest BCUT2D eigenvalue weighted by Crippen LogP contribution is 2.35. The summed E-state index contributed by atoms with van der Waals surface area (Å²) in [6.07, 6.45) is 3.76. The maximum Gasteiger partial charge on any atom is 0.245 e. The van der Waals surface area contributed by atoms with E-state index in [4.69, 9.17) is 17.3 Å². The number of aromatic nitrogens is 2. The number of nitrogens with zero attached hydrogens (tertiary/aromatic N) is 2. The van der Waals surface area contributed by atoms with Crippen molar-refractivity contribution in [2.75, 3.05) is 19.6 Å². The van der Waals surface area contributed by atoms with Gasteiger partial charge in [0, 0.05) is 25.5 Å². The van der Waals surface area contributed by atoms with E-state index < -0.39 is 10.0 Å². The molecular weight excluding hydrogens is 347 g/mol. The van der Waals surface area contributed by atoms with Crippen LogP contribution >= 0.6 is 24.0 Å². The van der Waals surface area contributed by atoms with Gasteiger partial charge in [0.1, 0.15) is 10.5 Å². The van der Waals surface area contributed by atoms with Gasteiger partial charge in [0.15, 0.2) is 0 Å². The van der Waals surface area contributed by atoms with Crippen LogP contribution in [-0.4, -0.2) is 42.3 Å². The van der Waals surface area contributed by atoms with Crippen LogP contribution in [0, 0.1) is 5.41 Å². The van der Waals surface area contributed by atoms with Gasteiger partial charge in [-0.3, -0.25) is 0 Å². The molecule has 0 radical (unpaired) electrons. The van der Waals surface area contributed by atoms with Crippen molar-refractivity contribution in [3.8, 4) is 0 Å². The molecule has 9 heteroatoms. The zero-order valence-electron chi connectivity index (χ0n) is 12.0. The fraction of sp³-hybridized carbons (Fsp3) is 0.462. The van der Waals surface area contributed by atoms with Crippen molar-refractivity contribution in [1.29, 1.82) is 0 Å². The first-order valence-electron chi connectivity index (χ1n) is 6.69. The van der Waals surface area contributed by atoms with Crippen LogP contribution < -0.4 is 5.73 Å². The van der Waals surface area contributed by atoms with E-state index in [9.17, 15) is 8.42 Å². The van der Waals surface area contributed by atoms with Gasteiger partial charge in [0.05, 0.1) is 10.4 Å². The van der Waals surface area contributed by atoms with Gasteiger partial charge in [0.2, 0.25) is 10.0 Å². The van der Waals surface area contributed by atoms with Gasteiger partial charge in [-0.1, -0.05) is 18.5 Å². The molecule has 3 heterocycles. The Hall–Kier alpha value is -0.860. The smallest absolute Gasteiger partial charge is 0.245 e. The van der Waals surface area contributed by atoms with E-state index in [1.54, 1.807) is 12.3 Å². The Morgan fingerprint density at radius 2 is 2.27 bits per heavy atom. The Bertz CT molecular complexity index is 792. The second-order valence-electron chi connectivity index (χ2n) is 5.77. The van der Waals surface area contributed by atoms with Crippen LogP contribution in [0.3, 0.4) is 0 Å². The number of sulfonamides is 1. The van der Waals surface area contributed by atoms with Gasteiger partial charge in [-0.2, -0.15) is 4.31 Å². The minimum absolute atomic E-state index is 0. The lowest BCUT2D eigenvalue weighted by Crippen LogP contribution is -2.34. The van der Waals surface area contributed by atoms with Crippen molar-refractivity contribution in [2.24, 2.45) is 11.1 Å². The molecule has 122 valence electrons. The first-order chi connectivity index (χ1) is 9.87. The predicted octanol–water partition coefficient (Wildman–Crippen LogP) is 2.00. The SMILES string of the molecule is CC1(CN)CCN(S(=O)(=O)c2c[nH]c3nccc(Cl)c23)C1.Cl. The maximum absolute atomic E-state index is 12.8. The van der Waals surface area contributed by atoms with Crippen molar-refractivity contribution in [3.05, 3.63) is 23.5 Å². The molecule has 1 atom stereocenters. The topological polar surface area (TPSA) is 92.1 Å². The normalized spacial score (nSPS) is 22.9. The van der Waals surface area contributed by atoms with E-state index in [0.29, 0.717) is 35.7 Å². The molecule has 3 N–H and O–H groups in total. The molecule has 2 aromatic heterocycles. The average molecular weight is 365 g/mol. The molecule has 0 bridgehead atoms. The molecule has 0 aliphatic carbocycles. The van der Waals surface area contributed by atoms with Crippen molar-refractivity contribution in [2.45, 2.75) is 18.2 Å². The first-order valence-corrected chi connectivity index (χ1v) is 8.51. The molecular formula is C13H18Cl2N4O2S. The zero-order valence-corrected chi connectivity index (χ0v) is 14.4. The van der Waals surface area contributed by atoms with Crippen LogP contribution in [0.1, 0.15) is 13.3 Å².